The van der Waals surface area contributed by atoms with Gasteiger partial charge in [0.25, 0.3) is 11.8 Å². The van der Waals surface area contributed by atoms with E-state index in [9.17, 15) is 19.2 Å². The molecule has 4 amide bonds. The van der Waals surface area contributed by atoms with Gasteiger partial charge in [0, 0.05) is 38.7 Å². The van der Waals surface area contributed by atoms with Crippen molar-refractivity contribution in [2.45, 2.75) is 57.2 Å². The minimum absolute atomic E-state index is 0.141. The molecule has 1 N–H and O–H groups in total. The number of unbranched alkanes of at least 4 members (excludes halogenated alkanes) is 2. The van der Waals surface area contributed by atoms with Gasteiger partial charge < -0.3 is 39.0 Å². The SMILES string of the molecule is COc1cc2c(cc1OCCCCCOc1cc3c(cc1OC)C(=O)N1Cc4ccccc4C[C@H]1C(=O)N3C)NC(=O)[C@@H]1CCCN1C2=O. The molecule has 0 saturated carbocycles. The fourth-order valence-corrected chi connectivity index (χ4v) is 7.24. The second-order valence-electron chi connectivity index (χ2n) is 12.8. The van der Waals surface area contributed by atoms with Crippen molar-refractivity contribution in [2.75, 3.05) is 51.2 Å². The Morgan fingerprint density at radius 3 is 2.12 bits per heavy atom. The molecule has 4 aliphatic rings. The summed E-state index contributed by atoms with van der Waals surface area (Å²) in [5, 5.41) is 2.90. The first-order valence-electron chi connectivity index (χ1n) is 16.8. The number of carbonyl (C=O) groups is 4. The Morgan fingerprint density at radius 1 is 0.755 bits per heavy atom. The highest BCUT2D eigenvalue weighted by Gasteiger charge is 2.42. The van der Waals surface area contributed by atoms with Gasteiger partial charge in [0.2, 0.25) is 11.8 Å². The normalized spacial score (nSPS) is 19.5. The Balaban J connectivity index is 0.963. The molecule has 49 heavy (non-hydrogen) atoms. The van der Waals surface area contributed by atoms with Crippen LogP contribution < -0.4 is 29.2 Å². The summed E-state index contributed by atoms with van der Waals surface area (Å²) in [5.41, 5.74) is 3.85. The van der Waals surface area contributed by atoms with Crippen molar-refractivity contribution in [3.8, 4) is 23.0 Å². The van der Waals surface area contributed by atoms with Gasteiger partial charge in [-0.25, -0.2) is 0 Å². The first-order valence-corrected chi connectivity index (χ1v) is 16.8. The van der Waals surface area contributed by atoms with Gasteiger partial charge in [0.05, 0.1) is 49.9 Å². The van der Waals surface area contributed by atoms with Gasteiger partial charge in [0.1, 0.15) is 12.1 Å². The zero-order valence-electron chi connectivity index (χ0n) is 28.0. The Kier molecular flexibility index (Phi) is 8.79. The molecule has 1 fully saturated rings. The van der Waals surface area contributed by atoms with E-state index in [-0.39, 0.29) is 23.6 Å². The molecule has 0 radical (unpaired) electrons. The van der Waals surface area contributed by atoms with E-state index in [1.165, 1.54) is 14.2 Å². The Bertz CT molecular complexity index is 1830. The van der Waals surface area contributed by atoms with E-state index in [0.717, 1.165) is 30.4 Å². The number of methoxy groups -OCH3 is 2. The van der Waals surface area contributed by atoms with Gasteiger partial charge in [-0.2, -0.15) is 0 Å². The van der Waals surface area contributed by atoms with Crippen LogP contribution in [-0.2, 0) is 22.6 Å². The average molecular weight is 669 g/mol. The fourth-order valence-electron chi connectivity index (χ4n) is 7.24. The third kappa shape index (κ3) is 5.89. The number of carbonyl (C=O) groups excluding carboxylic acids is 4. The summed E-state index contributed by atoms with van der Waals surface area (Å²) in [6, 6.07) is 13.6. The van der Waals surface area contributed by atoms with Crippen LogP contribution in [0, 0.1) is 0 Å². The molecule has 3 aromatic carbocycles. The molecule has 0 bridgehead atoms. The molecule has 1 saturated heterocycles. The van der Waals surface area contributed by atoms with Crippen molar-refractivity contribution >= 4 is 35.0 Å². The molecule has 0 unspecified atom stereocenters. The smallest absolute Gasteiger partial charge is 0.257 e. The summed E-state index contributed by atoms with van der Waals surface area (Å²) in [7, 11) is 4.75. The topological polar surface area (TPSA) is 127 Å². The number of nitrogens with one attached hydrogen (secondary N) is 1. The van der Waals surface area contributed by atoms with E-state index in [4.69, 9.17) is 18.9 Å². The number of hydrogen-bond donors (Lipinski definition) is 1. The molecule has 0 aromatic heterocycles. The summed E-state index contributed by atoms with van der Waals surface area (Å²) < 4.78 is 23.3. The average Bonchev–Trinajstić information content (AvgIpc) is 3.57. The van der Waals surface area contributed by atoms with Gasteiger partial charge in [-0.05, 0) is 55.4 Å². The summed E-state index contributed by atoms with van der Waals surface area (Å²) >= 11 is 0. The number of ether oxygens (including phenoxy) is 4. The lowest BCUT2D eigenvalue weighted by molar-refractivity contribution is -0.123. The van der Waals surface area contributed by atoms with Crippen molar-refractivity contribution in [3.63, 3.8) is 0 Å². The van der Waals surface area contributed by atoms with Gasteiger partial charge in [-0.1, -0.05) is 24.3 Å². The zero-order chi connectivity index (χ0) is 34.2. The summed E-state index contributed by atoms with van der Waals surface area (Å²) in [6.07, 6.45) is 4.16. The number of nitrogens with zero attached hydrogens (tertiary/aromatic N) is 3. The van der Waals surface area contributed by atoms with Crippen LogP contribution in [0.1, 0.15) is 63.9 Å². The van der Waals surface area contributed by atoms with Crippen LogP contribution in [0.3, 0.4) is 0 Å². The van der Waals surface area contributed by atoms with Crippen LogP contribution in [0.4, 0.5) is 11.4 Å². The predicted molar refractivity (Wildman–Crippen MR) is 181 cm³/mol. The number of anilines is 2. The largest absolute Gasteiger partial charge is 0.493 e. The Labute approximate surface area is 284 Å². The molecule has 4 heterocycles. The molecule has 12 nitrogen and oxygen atoms in total. The van der Waals surface area contributed by atoms with Crippen LogP contribution in [-0.4, -0.2) is 86.5 Å². The quantitative estimate of drug-likeness (QED) is 0.315. The minimum atomic E-state index is -0.581. The summed E-state index contributed by atoms with van der Waals surface area (Å²) in [6.45, 7) is 1.71. The van der Waals surface area contributed by atoms with Gasteiger partial charge in [-0.3, -0.25) is 19.2 Å². The van der Waals surface area contributed by atoms with Crippen molar-refractivity contribution < 1.29 is 38.1 Å². The molecule has 7 rings (SSSR count). The molecule has 2 atom stereocenters. The maximum atomic E-state index is 13.8. The Hall–Kier alpha value is -5.26. The molecule has 0 spiro atoms. The number of fused-ring (bicyclic) bond motifs is 5. The lowest BCUT2D eigenvalue weighted by Gasteiger charge is -2.35. The van der Waals surface area contributed by atoms with Crippen LogP contribution in [0.2, 0.25) is 0 Å². The third-order valence-electron chi connectivity index (χ3n) is 9.91. The van der Waals surface area contributed by atoms with E-state index in [0.29, 0.717) is 91.1 Å². The second kappa shape index (κ2) is 13.3. The monoisotopic (exact) mass is 668 g/mol. The molecule has 4 aliphatic heterocycles. The number of hydrogen-bond acceptors (Lipinski definition) is 8. The standard InChI is InChI=1S/C37H40N4O8/c1-39-28-20-33(31(47-3)18-25(28)36(44)41-21-23-11-6-5-10-22(23)16-29(41)37(39)45)49-15-8-4-7-14-48-32-19-26-24(17-30(32)46-2)35(43)40-13-9-12-27(40)34(42)38-26/h5-6,10-11,17-20,27,29H,4,7-9,12-16,21H2,1-3H3,(H,38,42)/t27-,29-/m0/s1. The molecular weight excluding hydrogens is 628 g/mol. The zero-order valence-corrected chi connectivity index (χ0v) is 28.0. The summed E-state index contributed by atoms with van der Waals surface area (Å²) in [4.78, 5) is 58.2. The fraction of sp³-hybridized carbons (Fsp3) is 0.405. The van der Waals surface area contributed by atoms with Crippen LogP contribution >= 0.6 is 0 Å². The van der Waals surface area contributed by atoms with E-state index >= 15 is 0 Å². The van der Waals surface area contributed by atoms with Crippen LogP contribution in [0.25, 0.3) is 0 Å². The number of rotatable bonds is 10. The van der Waals surface area contributed by atoms with Gasteiger partial charge in [0.15, 0.2) is 23.0 Å². The lowest BCUT2D eigenvalue weighted by atomic mass is 9.93. The van der Waals surface area contributed by atoms with Gasteiger partial charge >= 0.3 is 0 Å². The molecule has 256 valence electrons. The van der Waals surface area contributed by atoms with E-state index in [1.54, 1.807) is 46.0 Å². The van der Waals surface area contributed by atoms with Crippen molar-refractivity contribution in [3.05, 3.63) is 70.8 Å². The second-order valence-corrected chi connectivity index (χ2v) is 12.8. The molecule has 3 aromatic rings. The maximum absolute atomic E-state index is 13.8. The van der Waals surface area contributed by atoms with Crippen LogP contribution in [0.15, 0.2) is 48.5 Å². The molecule has 12 heteroatoms. The van der Waals surface area contributed by atoms with Gasteiger partial charge in [-0.15, -0.1) is 0 Å². The molecule has 0 aliphatic carbocycles. The first-order chi connectivity index (χ1) is 23.8. The van der Waals surface area contributed by atoms with Crippen molar-refractivity contribution in [1.29, 1.82) is 0 Å². The highest BCUT2D eigenvalue weighted by atomic mass is 16.5. The number of likely N-dealkylation sites (N-methyl/N-ethyl adjacent to an activating group) is 1. The highest BCUT2D eigenvalue weighted by molar-refractivity contribution is 6.12. The Morgan fingerprint density at radius 2 is 1.41 bits per heavy atom. The van der Waals surface area contributed by atoms with Crippen molar-refractivity contribution in [1.82, 2.24) is 9.80 Å². The first kappa shape index (κ1) is 32.3. The third-order valence-corrected chi connectivity index (χ3v) is 9.91. The summed E-state index contributed by atoms with van der Waals surface area (Å²) in [5.74, 6) is 1.05. The lowest BCUT2D eigenvalue weighted by Crippen LogP contribution is -2.50. The predicted octanol–water partition coefficient (Wildman–Crippen LogP) is 4.43. The number of benzene rings is 3. The highest BCUT2D eigenvalue weighted by Crippen LogP contribution is 2.40. The molecular formula is C37H40N4O8. The van der Waals surface area contributed by atoms with E-state index < -0.39 is 12.1 Å². The van der Waals surface area contributed by atoms with Crippen molar-refractivity contribution in [2.24, 2.45) is 0 Å². The van der Waals surface area contributed by atoms with E-state index in [1.807, 2.05) is 24.3 Å². The van der Waals surface area contributed by atoms with E-state index in [2.05, 4.69) is 5.32 Å². The minimum Gasteiger partial charge on any atom is -0.493 e. The van der Waals surface area contributed by atoms with Crippen LogP contribution in [0.5, 0.6) is 23.0 Å². The number of amides is 4. The maximum Gasteiger partial charge on any atom is 0.257 e.